The Morgan fingerprint density at radius 1 is 1.25 bits per heavy atom. The molecule has 0 aliphatic rings. The van der Waals surface area contributed by atoms with Crippen molar-refractivity contribution in [3.05, 3.63) is 47.8 Å². The Morgan fingerprint density at radius 2 is 2.04 bits per heavy atom. The lowest BCUT2D eigenvalue weighted by atomic mass is 10.1. The lowest BCUT2D eigenvalue weighted by Crippen LogP contribution is -2.38. The van der Waals surface area contributed by atoms with Crippen molar-refractivity contribution in [2.45, 2.75) is 19.5 Å². The van der Waals surface area contributed by atoms with E-state index in [1.54, 1.807) is 21.3 Å². The van der Waals surface area contributed by atoms with Gasteiger partial charge in [-0.05, 0) is 37.3 Å². The molecule has 0 aliphatic heterocycles. The van der Waals surface area contributed by atoms with Crippen molar-refractivity contribution < 1.29 is 9.47 Å². The predicted molar refractivity (Wildman–Crippen MR) is 96.7 cm³/mol. The molecule has 0 saturated heterocycles. The van der Waals surface area contributed by atoms with E-state index in [-0.39, 0.29) is 6.04 Å². The normalized spacial score (nSPS) is 12.6. The molecular formula is C18H26N4O2. The number of hydrogen-bond acceptors (Lipinski definition) is 3. The Kier molecular flexibility index (Phi) is 6.12. The average molecular weight is 330 g/mol. The van der Waals surface area contributed by atoms with Gasteiger partial charge >= 0.3 is 0 Å². The average Bonchev–Trinajstić information content (AvgIpc) is 3.02. The van der Waals surface area contributed by atoms with Gasteiger partial charge in [-0.3, -0.25) is 4.99 Å². The molecule has 0 bridgehead atoms. The second kappa shape index (κ2) is 8.29. The van der Waals surface area contributed by atoms with Crippen molar-refractivity contribution in [3.8, 4) is 11.5 Å². The number of hydrogen-bond donors (Lipinski definition) is 2. The Balaban J connectivity index is 2.06. The summed E-state index contributed by atoms with van der Waals surface area (Å²) < 4.78 is 12.8. The highest BCUT2D eigenvalue weighted by molar-refractivity contribution is 5.80. The third-order valence-corrected chi connectivity index (χ3v) is 3.97. The number of ether oxygens (including phenoxy) is 2. The lowest BCUT2D eigenvalue weighted by Gasteiger charge is -2.21. The monoisotopic (exact) mass is 330 g/mol. The molecule has 6 heteroatoms. The minimum Gasteiger partial charge on any atom is -0.497 e. The van der Waals surface area contributed by atoms with E-state index < -0.39 is 0 Å². The van der Waals surface area contributed by atoms with Gasteiger partial charge in [0.1, 0.15) is 11.5 Å². The number of rotatable bonds is 6. The molecule has 0 spiro atoms. The van der Waals surface area contributed by atoms with Crippen LogP contribution in [0.4, 0.5) is 0 Å². The summed E-state index contributed by atoms with van der Waals surface area (Å²) in [4.78, 5) is 4.29. The van der Waals surface area contributed by atoms with Crippen LogP contribution in [-0.2, 0) is 13.6 Å². The molecule has 130 valence electrons. The summed E-state index contributed by atoms with van der Waals surface area (Å²) in [7, 11) is 7.11. The maximum Gasteiger partial charge on any atom is 0.191 e. The minimum atomic E-state index is 0.00895. The lowest BCUT2D eigenvalue weighted by molar-refractivity contribution is 0.394. The molecule has 1 atom stereocenters. The van der Waals surface area contributed by atoms with Gasteiger partial charge in [0.2, 0.25) is 0 Å². The summed E-state index contributed by atoms with van der Waals surface area (Å²) >= 11 is 0. The van der Waals surface area contributed by atoms with E-state index in [1.807, 2.05) is 37.5 Å². The first-order chi connectivity index (χ1) is 11.6. The van der Waals surface area contributed by atoms with Crippen molar-refractivity contribution in [1.82, 2.24) is 15.2 Å². The molecule has 0 saturated carbocycles. The van der Waals surface area contributed by atoms with Crippen molar-refractivity contribution in [2.75, 3.05) is 21.3 Å². The van der Waals surface area contributed by atoms with Crippen LogP contribution in [0.3, 0.4) is 0 Å². The van der Waals surface area contributed by atoms with E-state index in [9.17, 15) is 0 Å². The fraction of sp³-hybridized carbons (Fsp3) is 0.389. The van der Waals surface area contributed by atoms with Gasteiger partial charge in [0.15, 0.2) is 5.96 Å². The molecule has 0 aliphatic carbocycles. The number of guanidine groups is 1. The van der Waals surface area contributed by atoms with E-state index in [0.29, 0.717) is 6.54 Å². The zero-order chi connectivity index (χ0) is 17.5. The maximum atomic E-state index is 5.46. The molecule has 0 fully saturated rings. The van der Waals surface area contributed by atoms with Gasteiger partial charge in [-0.2, -0.15) is 0 Å². The van der Waals surface area contributed by atoms with Crippen LogP contribution < -0.4 is 20.1 Å². The van der Waals surface area contributed by atoms with E-state index >= 15 is 0 Å². The van der Waals surface area contributed by atoms with E-state index in [0.717, 1.165) is 23.0 Å². The SMILES string of the molecule is CN=C(NCc1cccn1C)N[C@@H](C)c1cc(OC)ccc1OC. The van der Waals surface area contributed by atoms with Crippen molar-refractivity contribution in [1.29, 1.82) is 0 Å². The van der Waals surface area contributed by atoms with Crippen LogP contribution in [0.25, 0.3) is 0 Å². The Labute approximate surface area is 143 Å². The molecule has 0 amide bonds. The van der Waals surface area contributed by atoms with Gasteiger partial charge in [-0.15, -0.1) is 0 Å². The second-order valence-electron chi connectivity index (χ2n) is 5.51. The fourth-order valence-corrected chi connectivity index (χ4v) is 2.51. The van der Waals surface area contributed by atoms with Crippen LogP contribution in [-0.4, -0.2) is 31.8 Å². The molecule has 0 unspecified atom stereocenters. The number of aryl methyl sites for hydroxylation is 1. The first-order valence-electron chi connectivity index (χ1n) is 7.88. The van der Waals surface area contributed by atoms with Crippen LogP contribution in [0.15, 0.2) is 41.5 Å². The molecule has 24 heavy (non-hydrogen) atoms. The first kappa shape index (κ1) is 17.7. The zero-order valence-electron chi connectivity index (χ0n) is 15.0. The summed E-state index contributed by atoms with van der Waals surface area (Å²) in [5.41, 5.74) is 2.20. The smallest absolute Gasteiger partial charge is 0.191 e. The number of nitrogens with zero attached hydrogens (tertiary/aromatic N) is 2. The van der Waals surface area contributed by atoms with E-state index in [2.05, 4.69) is 33.2 Å². The van der Waals surface area contributed by atoms with Gasteiger partial charge in [0.05, 0.1) is 26.8 Å². The quantitative estimate of drug-likeness (QED) is 0.631. The van der Waals surface area contributed by atoms with Crippen molar-refractivity contribution in [2.24, 2.45) is 12.0 Å². The summed E-state index contributed by atoms with van der Waals surface area (Å²) in [6.07, 6.45) is 2.02. The van der Waals surface area contributed by atoms with Crippen LogP contribution >= 0.6 is 0 Å². The molecule has 6 nitrogen and oxygen atoms in total. The van der Waals surface area contributed by atoms with Crippen LogP contribution in [0.1, 0.15) is 24.2 Å². The van der Waals surface area contributed by atoms with E-state index in [1.165, 1.54) is 5.69 Å². The van der Waals surface area contributed by atoms with Gasteiger partial charge in [-0.25, -0.2) is 0 Å². The highest BCUT2D eigenvalue weighted by atomic mass is 16.5. The number of nitrogens with one attached hydrogen (secondary N) is 2. The van der Waals surface area contributed by atoms with Crippen LogP contribution in [0, 0.1) is 0 Å². The third kappa shape index (κ3) is 4.22. The number of methoxy groups -OCH3 is 2. The summed E-state index contributed by atoms with van der Waals surface area (Å²) in [6.45, 7) is 2.76. The molecule has 2 rings (SSSR count). The fourth-order valence-electron chi connectivity index (χ4n) is 2.51. The Hall–Kier alpha value is -2.63. The Morgan fingerprint density at radius 3 is 2.62 bits per heavy atom. The Bertz CT molecular complexity index is 694. The molecule has 1 aromatic carbocycles. The highest BCUT2D eigenvalue weighted by Crippen LogP contribution is 2.29. The third-order valence-electron chi connectivity index (χ3n) is 3.97. The number of benzene rings is 1. The molecule has 2 N–H and O–H groups in total. The molecular weight excluding hydrogens is 304 g/mol. The highest BCUT2D eigenvalue weighted by Gasteiger charge is 2.14. The standard InChI is InChI=1S/C18H26N4O2/c1-13(16-11-15(23-4)8-9-17(16)24-5)21-18(19-2)20-12-14-7-6-10-22(14)3/h6-11,13H,12H2,1-5H3,(H2,19,20,21)/t13-/m0/s1. The molecule has 1 heterocycles. The van der Waals surface area contributed by atoms with Gasteiger partial charge in [0.25, 0.3) is 0 Å². The predicted octanol–water partition coefficient (Wildman–Crippen LogP) is 2.47. The van der Waals surface area contributed by atoms with E-state index in [4.69, 9.17) is 9.47 Å². The number of aliphatic imine (C=N–C) groups is 1. The van der Waals surface area contributed by atoms with Crippen molar-refractivity contribution >= 4 is 5.96 Å². The van der Waals surface area contributed by atoms with Gasteiger partial charge < -0.3 is 24.7 Å². The maximum absolute atomic E-state index is 5.46. The van der Waals surface area contributed by atoms with Gasteiger partial charge in [0, 0.05) is 31.5 Å². The molecule has 1 aromatic heterocycles. The summed E-state index contributed by atoms with van der Waals surface area (Å²) in [6, 6.07) is 9.88. The second-order valence-corrected chi connectivity index (χ2v) is 5.51. The molecule has 2 aromatic rings. The summed E-state index contributed by atoms with van der Waals surface area (Å²) in [5.74, 6) is 2.34. The first-order valence-corrected chi connectivity index (χ1v) is 7.88. The van der Waals surface area contributed by atoms with Crippen LogP contribution in [0.2, 0.25) is 0 Å². The largest absolute Gasteiger partial charge is 0.497 e. The van der Waals surface area contributed by atoms with Gasteiger partial charge in [-0.1, -0.05) is 0 Å². The zero-order valence-corrected chi connectivity index (χ0v) is 15.0. The number of aromatic nitrogens is 1. The summed E-state index contributed by atoms with van der Waals surface area (Å²) in [5, 5.41) is 6.71. The molecule has 0 radical (unpaired) electrons. The minimum absolute atomic E-state index is 0.00895. The van der Waals surface area contributed by atoms with Crippen LogP contribution in [0.5, 0.6) is 11.5 Å². The topological polar surface area (TPSA) is 59.8 Å². The van der Waals surface area contributed by atoms with Crippen molar-refractivity contribution in [3.63, 3.8) is 0 Å².